The molecule has 0 spiro atoms. The highest BCUT2D eigenvalue weighted by Crippen LogP contribution is 2.26. The summed E-state index contributed by atoms with van der Waals surface area (Å²) in [6.45, 7) is 2.68. The molecule has 0 aliphatic carbocycles. The Morgan fingerprint density at radius 2 is 2.14 bits per heavy atom. The molecule has 0 fully saturated rings. The number of H-pyrrole nitrogens is 1. The number of pyridine rings is 1. The van der Waals surface area contributed by atoms with Crippen LogP contribution in [0.3, 0.4) is 0 Å². The number of hydrogen-bond donors (Lipinski definition) is 3. The van der Waals surface area contributed by atoms with Gasteiger partial charge in [0.25, 0.3) is 5.91 Å². The fourth-order valence-corrected chi connectivity index (χ4v) is 2.38. The van der Waals surface area contributed by atoms with Crippen molar-refractivity contribution in [1.82, 2.24) is 9.97 Å². The van der Waals surface area contributed by atoms with Crippen molar-refractivity contribution in [2.45, 2.75) is 13.5 Å². The Balaban J connectivity index is 1.99. The topological polar surface area (TPSA) is 83.8 Å². The first-order valence-corrected chi connectivity index (χ1v) is 6.71. The minimum Gasteiger partial charge on any atom is -0.380 e. The molecule has 0 saturated carbocycles. The molecule has 1 aromatic carbocycles. The van der Waals surface area contributed by atoms with Crippen LogP contribution in [0.15, 0.2) is 42.7 Å². The number of amides is 1. The number of nitrogens with zero attached hydrogens (tertiary/aromatic N) is 1. The number of carbonyl (C=O) groups excluding carboxylic acids is 1. The predicted octanol–water partition coefficient (Wildman–Crippen LogP) is 2.58. The van der Waals surface area contributed by atoms with Crippen molar-refractivity contribution in [3.63, 3.8) is 0 Å². The molecule has 0 unspecified atom stereocenters. The molecule has 21 heavy (non-hydrogen) atoms. The van der Waals surface area contributed by atoms with E-state index in [1.54, 1.807) is 6.20 Å². The lowest BCUT2D eigenvalue weighted by molar-refractivity contribution is 0.100. The van der Waals surface area contributed by atoms with Gasteiger partial charge in [0, 0.05) is 24.3 Å². The van der Waals surface area contributed by atoms with Crippen LogP contribution in [-0.4, -0.2) is 15.9 Å². The Labute approximate surface area is 122 Å². The molecule has 0 bridgehead atoms. The van der Waals surface area contributed by atoms with Gasteiger partial charge in [0.1, 0.15) is 5.65 Å². The molecule has 0 radical (unpaired) electrons. The third-order valence-electron chi connectivity index (χ3n) is 3.57. The maximum atomic E-state index is 11.6. The van der Waals surface area contributed by atoms with Gasteiger partial charge in [-0.05, 0) is 24.1 Å². The normalized spacial score (nSPS) is 10.7. The number of fused-ring (bicyclic) bond motifs is 1. The molecular weight excluding hydrogens is 264 g/mol. The number of carbonyl (C=O) groups is 1. The zero-order chi connectivity index (χ0) is 14.8. The molecule has 4 N–H and O–H groups in total. The summed E-state index contributed by atoms with van der Waals surface area (Å²) in [7, 11) is 0. The summed E-state index contributed by atoms with van der Waals surface area (Å²) < 4.78 is 0. The highest BCUT2D eigenvalue weighted by Gasteiger charge is 2.13. The Morgan fingerprint density at radius 1 is 1.33 bits per heavy atom. The largest absolute Gasteiger partial charge is 0.380 e. The standard InChI is InChI=1S/C16H16N4O/c1-10-4-2-3-5-11(10)8-19-14-12-6-7-18-16(12)20-9-13(14)15(17)21/h2-7,9H,8H2,1H3,(H2,17,21)(H2,18,19,20). The lowest BCUT2D eigenvalue weighted by atomic mass is 10.1. The van der Waals surface area contributed by atoms with Crippen molar-refractivity contribution in [1.29, 1.82) is 0 Å². The average Bonchev–Trinajstić information content (AvgIpc) is 2.94. The van der Waals surface area contributed by atoms with E-state index < -0.39 is 5.91 Å². The smallest absolute Gasteiger partial charge is 0.252 e. The summed E-state index contributed by atoms with van der Waals surface area (Å²) in [4.78, 5) is 18.8. The van der Waals surface area contributed by atoms with Gasteiger partial charge in [0.2, 0.25) is 0 Å². The summed E-state index contributed by atoms with van der Waals surface area (Å²) >= 11 is 0. The van der Waals surface area contributed by atoms with Crippen LogP contribution in [0.1, 0.15) is 21.5 Å². The van der Waals surface area contributed by atoms with Crippen molar-refractivity contribution in [3.8, 4) is 0 Å². The van der Waals surface area contributed by atoms with Crippen LogP contribution in [0, 0.1) is 6.92 Å². The molecule has 3 rings (SSSR count). The van der Waals surface area contributed by atoms with Gasteiger partial charge in [-0.15, -0.1) is 0 Å². The Hall–Kier alpha value is -2.82. The number of benzene rings is 1. The highest BCUT2D eigenvalue weighted by atomic mass is 16.1. The van der Waals surface area contributed by atoms with Crippen molar-refractivity contribution in [2.75, 3.05) is 5.32 Å². The summed E-state index contributed by atoms with van der Waals surface area (Å²) in [5, 5.41) is 4.18. The zero-order valence-electron chi connectivity index (χ0n) is 11.7. The van der Waals surface area contributed by atoms with E-state index in [0.29, 0.717) is 12.1 Å². The maximum absolute atomic E-state index is 11.6. The molecule has 5 heteroatoms. The van der Waals surface area contributed by atoms with E-state index in [9.17, 15) is 4.79 Å². The van der Waals surface area contributed by atoms with Crippen molar-refractivity contribution >= 4 is 22.6 Å². The number of nitrogens with two attached hydrogens (primary N) is 1. The van der Waals surface area contributed by atoms with Crippen molar-refractivity contribution in [3.05, 3.63) is 59.4 Å². The van der Waals surface area contributed by atoms with Crippen LogP contribution >= 0.6 is 0 Å². The second-order valence-electron chi connectivity index (χ2n) is 4.93. The quantitative estimate of drug-likeness (QED) is 0.686. The number of rotatable bonds is 4. The zero-order valence-corrected chi connectivity index (χ0v) is 11.7. The van der Waals surface area contributed by atoms with Gasteiger partial charge in [-0.25, -0.2) is 4.98 Å². The number of anilines is 1. The summed E-state index contributed by atoms with van der Waals surface area (Å²) in [6, 6.07) is 10.0. The summed E-state index contributed by atoms with van der Waals surface area (Å²) in [5.41, 5.74) is 9.66. The van der Waals surface area contributed by atoms with Gasteiger partial charge in [0.15, 0.2) is 0 Å². The Bertz CT molecular complexity index is 807. The van der Waals surface area contributed by atoms with E-state index in [-0.39, 0.29) is 0 Å². The average molecular weight is 280 g/mol. The van der Waals surface area contributed by atoms with Gasteiger partial charge in [-0.3, -0.25) is 4.79 Å². The van der Waals surface area contributed by atoms with Crippen LogP contribution in [0.5, 0.6) is 0 Å². The number of hydrogen-bond acceptors (Lipinski definition) is 3. The van der Waals surface area contributed by atoms with Gasteiger partial charge < -0.3 is 16.0 Å². The fraction of sp³-hybridized carbons (Fsp3) is 0.125. The molecule has 3 aromatic rings. The predicted molar refractivity (Wildman–Crippen MR) is 83.1 cm³/mol. The Morgan fingerprint density at radius 3 is 2.90 bits per heavy atom. The first-order chi connectivity index (χ1) is 10.2. The first kappa shape index (κ1) is 13.2. The minimum absolute atomic E-state index is 0.399. The molecule has 2 heterocycles. The molecule has 0 aliphatic rings. The van der Waals surface area contributed by atoms with Crippen LogP contribution in [0.25, 0.3) is 11.0 Å². The first-order valence-electron chi connectivity index (χ1n) is 6.71. The van der Waals surface area contributed by atoms with Crippen LogP contribution in [0.4, 0.5) is 5.69 Å². The van der Waals surface area contributed by atoms with E-state index in [2.05, 4.69) is 34.3 Å². The van der Waals surface area contributed by atoms with Crippen LogP contribution < -0.4 is 11.1 Å². The van der Waals surface area contributed by atoms with E-state index in [0.717, 1.165) is 16.7 Å². The fourth-order valence-electron chi connectivity index (χ4n) is 2.38. The van der Waals surface area contributed by atoms with Gasteiger partial charge in [0.05, 0.1) is 11.3 Å². The molecule has 0 aliphatic heterocycles. The van der Waals surface area contributed by atoms with E-state index >= 15 is 0 Å². The van der Waals surface area contributed by atoms with Gasteiger partial charge in [-0.1, -0.05) is 24.3 Å². The highest BCUT2D eigenvalue weighted by molar-refractivity contribution is 6.05. The molecule has 5 nitrogen and oxygen atoms in total. The molecule has 106 valence electrons. The second-order valence-corrected chi connectivity index (χ2v) is 4.93. The van der Waals surface area contributed by atoms with Crippen LogP contribution in [0.2, 0.25) is 0 Å². The summed E-state index contributed by atoms with van der Waals surface area (Å²) in [6.07, 6.45) is 3.29. The van der Waals surface area contributed by atoms with Gasteiger partial charge in [-0.2, -0.15) is 0 Å². The minimum atomic E-state index is -0.488. The van der Waals surface area contributed by atoms with E-state index in [1.807, 2.05) is 18.2 Å². The molecular formula is C16H16N4O. The van der Waals surface area contributed by atoms with Crippen molar-refractivity contribution < 1.29 is 4.79 Å². The number of aryl methyl sites for hydroxylation is 1. The lowest BCUT2D eigenvalue weighted by Crippen LogP contribution is -2.15. The number of nitrogens with one attached hydrogen (secondary N) is 2. The molecule has 1 amide bonds. The second kappa shape index (κ2) is 5.28. The van der Waals surface area contributed by atoms with E-state index in [1.165, 1.54) is 17.3 Å². The van der Waals surface area contributed by atoms with E-state index in [4.69, 9.17) is 5.73 Å². The number of aromatic amines is 1. The lowest BCUT2D eigenvalue weighted by Gasteiger charge is -2.12. The monoisotopic (exact) mass is 280 g/mol. The number of aromatic nitrogens is 2. The molecule has 2 aromatic heterocycles. The third kappa shape index (κ3) is 2.45. The maximum Gasteiger partial charge on any atom is 0.252 e. The van der Waals surface area contributed by atoms with Crippen molar-refractivity contribution in [2.24, 2.45) is 5.73 Å². The number of primary amides is 1. The van der Waals surface area contributed by atoms with Gasteiger partial charge >= 0.3 is 0 Å². The molecule has 0 atom stereocenters. The SMILES string of the molecule is Cc1ccccc1CNc1c(C(N)=O)cnc2[nH]ccc12. The third-order valence-corrected chi connectivity index (χ3v) is 3.57. The van der Waals surface area contributed by atoms with Crippen LogP contribution in [-0.2, 0) is 6.54 Å². The molecule has 0 saturated heterocycles. The Kier molecular flexibility index (Phi) is 3.31. The summed E-state index contributed by atoms with van der Waals surface area (Å²) in [5.74, 6) is -0.488.